The van der Waals surface area contributed by atoms with E-state index in [4.69, 9.17) is 5.73 Å². The summed E-state index contributed by atoms with van der Waals surface area (Å²) in [4.78, 5) is 4.47. The van der Waals surface area contributed by atoms with E-state index >= 15 is 0 Å². The van der Waals surface area contributed by atoms with Gasteiger partial charge in [0.05, 0.1) is 5.69 Å². The van der Waals surface area contributed by atoms with Crippen molar-refractivity contribution in [2.75, 3.05) is 5.73 Å². The van der Waals surface area contributed by atoms with Crippen LogP contribution in [0.5, 0.6) is 0 Å². The molecule has 2 N–H and O–H groups in total. The molecule has 12 heavy (non-hydrogen) atoms. The molecule has 0 bridgehead atoms. The molecule has 2 rings (SSSR count). The molecule has 1 aliphatic heterocycles. The second-order valence-corrected chi connectivity index (χ2v) is 3.64. The summed E-state index contributed by atoms with van der Waals surface area (Å²) in [6.07, 6.45) is 2.48. The molecule has 0 aromatic carbocycles. The molecule has 0 saturated heterocycles. The van der Waals surface area contributed by atoms with Crippen molar-refractivity contribution in [3.8, 4) is 0 Å². The second-order valence-electron chi connectivity index (χ2n) is 3.64. The van der Waals surface area contributed by atoms with E-state index in [1.54, 1.807) is 0 Å². The van der Waals surface area contributed by atoms with Crippen LogP contribution in [0.15, 0.2) is 0 Å². The highest BCUT2D eigenvalue weighted by Crippen LogP contribution is 2.29. The van der Waals surface area contributed by atoms with Crippen LogP contribution >= 0.6 is 0 Å². The van der Waals surface area contributed by atoms with Gasteiger partial charge in [0.2, 0.25) is 0 Å². The van der Waals surface area contributed by atoms with Crippen molar-refractivity contribution in [1.82, 2.24) is 9.55 Å². The summed E-state index contributed by atoms with van der Waals surface area (Å²) >= 11 is 0. The topological polar surface area (TPSA) is 43.8 Å². The zero-order valence-electron chi connectivity index (χ0n) is 7.67. The Labute approximate surface area is 72.6 Å². The zero-order valence-corrected chi connectivity index (χ0v) is 7.67. The lowest BCUT2D eigenvalue weighted by Crippen LogP contribution is -2.15. The summed E-state index contributed by atoms with van der Waals surface area (Å²) < 4.78 is 2.16. The molecular weight excluding hydrogens is 150 g/mol. The minimum Gasteiger partial charge on any atom is -0.384 e. The van der Waals surface area contributed by atoms with Crippen LogP contribution in [0, 0.1) is 6.92 Å². The first-order chi connectivity index (χ1) is 5.70. The molecule has 1 aromatic heterocycles. The largest absolute Gasteiger partial charge is 0.384 e. The number of nitrogens with zero attached hydrogens (tertiary/aromatic N) is 2. The van der Waals surface area contributed by atoms with Gasteiger partial charge in [-0.3, -0.25) is 0 Å². The van der Waals surface area contributed by atoms with Gasteiger partial charge in [-0.05, 0) is 19.8 Å². The fourth-order valence-electron chi connectivity index (χ4n) is 1.90. The Balaban J connectivity index is 2.52. The maximum atomic E-state index is 5.89. The predicted molar refractivity (Wildman–Crippen MR) is 49.0 cm³/mol. The Morgan fingerprint density at radius 1 is 1.58 bits per heavy atom. The molecule has 1 aliphatic rings. The van der Waals surface area contributed by atoms with Crippen LogP contribution in [0.4, 0.5) is 5.82 Å². The highest BCUT2D eigenvalue weighted by atomic mass is 15.1. The number of nitrogen functional groups attached to an aromatic ring is 1. The van der Waals surface area contributed by atoms with Gasteiger partial charge in [-0.15, -0.1) is 0 Å². The molecule has 3 heteroatoms. The van der Waals surface area contributed by atoms with Crippen LogP contribution in [-0.2, 0) is 6.54 Å². The van der Waals surface area contributed by atoms with Gasteiger partial charge < -0.3 is 10.3 Å². The number of nitrogens with two attached hydrogens (primary N) is 1. The third kappa shape index (κ3) is 0.924. The van der Waals surface area contributed by atoms with Crippen LogP contribution in [0.3, 0.4) is 0 Å². The average molecular weight is 165 g/mol. The van der Waals surface area contributed by atoms with Gasteiger partial charge in [-0.2, -0.15) is 0 Å². The minimum atomic E-state index is 0.578. The predicted octanol–water partition coefficient (Wildman–Crippen LogP) is 1.67. The van der Waals surface area contributed by atoms with E-state index < -0.39 is 0 Å². The van der Waals surface area contributed by atoms with Crippen LogP contribution < -0.4 is 5.73 Å². The normalized spacial score (nSPS) is 22.3. The van der Waals surface area contributed by atoms with Crippen molar-refractivity contribution in [2.45, 2.75) is 39.2 Å². The fraction of sp³-hybridized carbons (Fsp3) is 0.667. The maximum Gasteiger partial charge on any atom is 0.126 e. The van der Waals surface area contributed by atoms with Crippen LogP contribution in [0.2, 0.25) is 0 Å². The van der Waals surface area contributed by atoms with E-state index in [0.29, 0.717) is 5.92 Å². The van der Waals surface area contributed by atoms with Gasteiger partial charge in [0, 0.05) is 12.5 Å². The molecule has 0 radical (unpaired) electrons. The lowest BCUT2D eigenvalue weighted by molar-refractivity contribution is 0.467. The van der Waals surface area contributed by atoms with Crippen LogP contribution in [-0.4, -0.2) is 9.55 Å². The van der Waals surface area contributed by atoms with Crippen molar-refractivity contribution in [2.24, 2.45) is 0 Å². The van der Waals surface area contributed by atoms with E-state index in [9.17, 15) is 0 Å². The number of anilines is 1. The van der Waals surface area contributed by atoms with Crippen LogP contribution in [0.1, 0.15) is 37.2 Å². The highest BCUT2D eigenvalue weighted by Gasteiger charge is 2.20. The fourth-order valence-corrected chi connectivity index (χ4v) is 1.90. The van der Waals surface area contributed by atoms with E-state index in [-0.39, 0.29) is 0 Å². The molecule has 0 fully saturated rings. The Bertz CT molecular complexity index is 301. The third-order valence-electron chi connectivity index (χ3n) is 2.68. The molecule has 0 aliphatic carbocycles. The van der Waals surface area contributed by atoms with Gasteiger partial charge >= 0.3 is 0 Å². The number of hydrogen-bond donors (Lipinski definition) is 1. The van der Waals surface area contributed by atoms with Gasteiger partial charge in [0.1, 0.15) is 11.6 Å². The first-order valence-electron chi connectivity index (χ1n) is 4.52. The SMILES string of the molecule is Cc1nc2n(c1N)CCCC2C. The Morgan fingerprint density at radius 3 is 3.00 bits per heavy atom. The standard InChI is InChI=1S/C9H15N3/c1-6-4-3-5-12-8(10)7(2)11-9(6)12/h6H,3-5,10H2,1-2H3. The number of aryl methyl sites for hydroxylation is 1. The number of rotatable bonds is 0. The highest BCUT2D eigenvalue weighted by molar-refractivity contribution is 5.38. The third-order valence-corrected chi connectivity index (χ3v) is 2.68. The number of fused-ring (bicyclic) bond motifs is 1. The molecule has 1 aromatic rings. The Hall–Kier alpha value is -0.990. The molecule has 3 nitrogen and oxygen atoms in total. The summed E-state index contributed by atoms with van der Waals surface area (Å²) in [5.74, 6) is 2.61. The lowest BCUT2D eigenvalue weighted by Gasteiger charge is -2.20. The van der Waals surface area contributed by atoms with Gasteiger partial charge in [0.15, 0.2) is 0 Å². The van der Waals surface area contributed by atoms with Crippen molar-refractivity contribution in [3.63, 3.8) is 0 Å². The van der Waals surface area contributed by atoms with E-state index in [0.717, 1.165) is 18.1 Å². The van der Waals surface area contributed by atoms with Gasteiger partial charge in [-0.1, -0.05) is 6.92 Å². The minimum absolute atomic E-state index is 0.578. The molecule has 0 saturated carbocycles. The smallest absolute Gasteiger partial charge is 0.126 e. The first kappa shape index (κ1) is 7.65. The number of aromatic nitrogens is 2. The lowest BCUT2D eigenvalue weighted by atomic mass is 10.0. The summed E-state index contributed by atoms with van der Waals surface area (Å²) in [5.41, 5.74) is 6.87. The summed E-state index contributed by atoms with van der Waals surface area (Å²) in [7, 11) is 0. The summed E-state index contributed by atoms with van der Waals surface area (Å²) in [6, 6.07) is 0. The molecule has 66 valence electrons. The molecule has 0 amide bonds. The quantitative estimate of drug-likeness (QED) is 0.635. The van der Waals surface area contributed by atoms with Gasteiger partial charge in [-0.25, -0.2) is 4.98 Å². The molecule has 2 heterocycles. The number of hydrogen-bond acceptors (Lipinski definition) is 2. The van der Waals surface area contributed by atoms with Gasteiger partial charge in [0.25, 0.3) is 0 Å². The zero-order chi connectivity index (χ0) is 8.72. The summed E-state index contributed by atoms with van der Waals surface area (Å²) in [6.45, 7) is 5.25. The average Bonchev–Trinajstić information content (AvgIpc) is 2.32. The van der Waals surface area contributed by atoms with Crippen molar-refractivity contribution in [3.05, 3.63) is 11.5 Å². The molecule has 1 atom stereocenters. The van der Waals surface area contributed by atoms with E-state index in [2.05, 4.69) is 16.5 Å². The van der Waals surface area contributed by atoms with Crippen molar-refractivity contribution < 1.29 is 0 Å². The Morgan fingerprint density at radius 2 is 2.33 bits per heavy atom. The molecule has 0 spiro atoms. The molecular formula is C9H15N3. The van der Waals surface area contributed by atoms with Crippen LogP contribution in [0.25, 0.3) is 0 Å². The monoisotopic (exact) mass is 165 g/mol. The maximum absolute atomic E-state index is 5.89. The molecule has 1 unspecified atom stereocenters. The summed E-state index contributed by atoms with van der Waals surface area (Å²) in [5, 5.41) is 0. The second kappa shape index (κ2) is 2.51. The van der Waals surface area contributed by atoms with E-state index in [1.165, 1.54) is 18.7 Å². The van der Waals surface area contributed by atoms with Crippen molar-refractivity contribution in [1.29, 1.82) is 0 Å². The Kier molecular flexibility index (Phi) is 1.60. The first-order valence-corrected chi connectivity index (χ1v) is 4.52. The van der Waals surface area contributed by atoms with Crippen molar-refractivity contribution >= 4 is 5.82 Å². The van der Waals surface area contributed by atoms with E-state index in [1.807, 2.05) is 6.92 Å². The number of imidazole rings is 1.